The quantitative estimate of drug-likeness (QED) is 0.591. The molecule has 0 saturated carbocycles. The average Bonchev–Trinajstić information content (AvgIpc) is 3.32. The second-order valence-electron chi connectivity index (χ2n) is 7.80. The van der Waals surface area contributed by atoms with Crippen LogP contribution in [0.3, 0.4) is 0 Å². The van der Waals surface area contributed by atoms with Gasteiger partial charge in [0.1, 0.15) is 6.10 Å². The van der Waals surface area contributed by atoms with Gasteiger partial charge in [0.15, 0.2) is 5.96 Å². The van der Waals surface area contributed by atoms with Crippen LogP contribution in [0.4, 0.5) is 5.69 Å². The number of guanidine groups is 1. The van der Waals surface area contributed by atoms with E-state index in [4.69, 9.17) is 9.73 Å². The Morgan fingerprint density at radius 3 is 2.87 bits per heavy atom. The standard InChI is InChI=1S/C24H30N4O2/c1-2-25-24(28-13-12-19-8-3-4-9-20(19)17-28)26-16-18-7-5-10-21(15-18)27-23(29)22-11-6-14-30-22/h3-5,7-10,15,22H,2,6,11-14,16-17H2,1H3,(H,25,26)(H,27,29). The number of anilines is 1. The SMILES string of the molecule is CCNC(=NCc1cccc(NC(=O)C2CCCO2)c1)N1CCc2ccccc2C1. The van der Waals surface area contributed by atoms with E-state index in [1.54, 1.807) is 0 Å². The lowest BCUT2D eigenvalue weighted by Gasteiger charge is -2.31. The molecule has 30 heavy (non-hydrogen) atoms. The number of hydrogen-bond acceptors (Lipinski definition) is 3. The Hall–Kier alpha value is -2.86. The molecule has 2 heterocycles. The van der Waals surface area contributed by atoms with E-state index in [0.717, 1.165) is 56.1 Å². The van der Waals surface area contributed by atoms with E-state index in [1.165, 1.54) is 11.1 Å². The minimum atomic E-state index is -0.325. The van der Waals surface area contributed by atoms with E-state index in [2.05, 4.69) is 46.7 Å². The molecule has 2 N–H and O–H groups in total. The van der Waals surface area contributed by atoms with Crippen LogP contribution in [0.1, 0.15) is 36.5 Å². The van der Waals surface area contributed by atoms with E-state index in [9.17, 15) is 4.79 Å². The summed E-state index contributed by atoms with van der Waals surface area (Å²) in [6.07, 6.45) is 2.45. The van der Waals surface area contributed by atoms with Crippen LogP contribution < -0.4 is 10.6 Å². The van der Waals surface area contributed by atoms with Crippen molar-refractivity contribution in [2.45, 2.75) is 45.4 Å². The summed E-state index contributed by atoms with van der Waals surface area (Å²) in [7, 11) is 0. The summed E-state index contributed by atoms with van der Waals surface area (Å²) in [5.74, 6) is 0.870. The van der Waals surface area contributed by atoms with Crippen LogP contribution in [0.15, 0.2) is 53.5 Å². The van der Waals surface area contributed by atoms with Crippen LogP contribution >= 0.6 is 0 Å². The first kappa shape index (κ1) is 20.4. The van der Waals surface area contributed by atoms with Crippen molar-refractivity contribution in [3.63, 3.8) is 0 Å². The van der Waals surface area contributed by atoms with Gasteiger partial charge in [-0.3, -0.25) is 4.79 Å². The van der Waals surface area contributed by atoms with Gasteiger partial charge >= 0.3 is 0 Å². The Kier molecular flexibility index (Phi) is 6.64. The number of nitrogens with one attached hydrogen (secondary N) is 2. The van der Waals surface area contributed by atoms with Crippen molar-refractivity contribution in [2.75, 3.05) is 25.0 Å². The van der Waals surface area contributed by atoms with Crippen molar-refractivity contribution in [2.24, 2.45) is 4.99 Å². The normalized spacial score (nSPS) is 18.8. The molecule has 1 atom stereocenters. The monoisotopic (exact) mass is 406 g/mol. The maximum atomic E-state index is 12.3. The molecule has 1 saturated heterocycles. The lowest BCUT2D eigenvalue weighted by Crippen LogP contribution is -2.44. The van der Waals surface area contributed by atoms with Crippen molar-refractivity contribution in [3.8, 4) is 0 Å². The minimum Gasteiger partial charge on any atom is -0.368 e. The summed E-state index contributed by atoms with van der Waals surface area (Å²) in [4.78, 5) is 19.5. The first-order valence-corrected chi connectivity index (χ1v) is 10.8. The zero-order valence-electron chi connectivity index (χ0n) is 17.6. The lowest BCUT2D eigenvalue weighted by atomic mass is 10.0. The third kappa shape index (κ3) is 5.00. The van der Waals surface area contributed by atoms with Crippen LogP contribution in [-0.2, 0) is 29.0 Å². The molecule has 0 spiro atoms. The molecule has 6 heteroatoms. The molecule has 4 rings (SSSR count). The Balaban J connectivity index is 1.42. The number of amides is 1. The van der Waals surface area contributed by atoms with Crippen molar-refractivity contribution in [3.05, 3.63) is 65.2 Å². The van der Waals surface area contributed by atoms with Gasteiger partial charge in [0.2, 0.25) is 0 Å². The van der Waals surface area contributed by atoms with Gasteiger partial charge in [-0.15, -0.1) is 0 Å². The first-order valence-electron chi connectivity index (χ1n) is 10.8. The molecule has 6 nitrogen and oxygen atoms in total. The van der Waals surface area contributed by atoms with Crippen LogP contribution in [0, 0.1) is 0 Å². The smallest absolute Gasteiger partial charge is 0.253 e. The maximum Gasteiger partial charge on any atom is 0.253 e. The molecular formula is C24H30N4O2. The summed E-state index contributed by atoms with van der Waals surface area (Å²) in [5, 5.41) is 6.40. The second-order valence-corrected chi connectivity index (χ2v) is 7.80. The number of fused-ring (bicyclic) bond motifs is 1. The largest absolute Gasteiger partial charge is 0.368 e. The predicted molar refractivity (Wildman–Crippen MR) is 119 cm³/mol. The molecule has 2 aromatic rings. The Morgan fingerprint density at radius 2 is 2.07 bits per heavy atom. The molecule has 2 aromatic carbocycles. The van der Waals surface area contributed by atoms with Crippen LogP contribution in [0.25, 0.3) is 0 Å². The fourth-order valence-corrected chi connectivity index (χ4v) is 4.02. The van der Waals surface area contributed by atoms with E-state index in [0.29, 0.717) is 13.2 Å². The van der Waals surface area contributed by atoms with Gasteiger partial charge in [-0.1, -0.05) is 36.4 Å². The average molecular weight is 407 g/mol. The van der Waals surface area contributed by atoms with E-state index < -0.39 is 0 Å². The predicted octanol–water partition coefficient (Wildman–Crippen LogP) is 3.33. The van der Waals surface area contributed by atoms with Crippen molar-refractivity contribution in [1.82, 2.24) is 10.2 Å². The van der Waals surface area contributed by atoms with Crippen molar-refractivity contribution >= 4 is 17.6 Å². The van der Waals surface area contributed by atoms with E-state index >= 15 is 0 Å². The molecule has 1 fully saturated rings. The van der Waals surface area contributed by atoms with E-state index in [1.807, 2.05) is 24.3 Å². The second kappa shape index (κ2) is 9.76. The summed E-state index contributed by atoms with van der Waals surface area (Å²) >= 11 is 0. The molecule has 2 aliphatic heterocycles. The Labute approximate surface area is 178 Å². The summed E-state index contributed by atoms with van der Waals surface area (Å²) in [6.45, 7) is 5.98. The molecule has 1 unspecified atom stereocenters. The molecular weight excluding hydrogens is 376 g/mol. The van der Waals surface area contributed by atoms with Crippen molar-refractivity contribution < 1.29 is 9.53 Å². The Bertz CT molecular complexity index is 906. The topological polar surface area (TPSA) is 66.0 Å². The number of nitrogens with zero attached hydrogens (tertiary/aromatic N) is 2. The molecule has 158 valence electrons. The van der Waals surface area contributed by atoms with Gasteiger partial charge in [-0.05, 0) is 55.0 Å². The van der Waals surface area contributed by atoms with Gasteiger partial charge in [0.25, 0.3) is 5.91 Å². The molecule has 1 amide bonds. The number of carbonyl (C=O) groups is 1. The Morgan fingerprint density at radius 1 is 1.20 bits per heavy atom. The van der Waals surface area contributed by atoms with Gasteiger partial charge in [-0.2, -0.15) is 0 Å². The third-order valence-corrected chi connectivity index (χ3v) is 5.59. The first-order chi connectivity index (χ1) is 14.7. The number of ether oxygens (including phenoxy) is 1. The van der Waals surface area contributed by atoms with Gasteiger partial charge in [0, 0.05) is 31.9 Å². The molecule has 2 aliphatic rings. The highest BCUT2D eigenvalue weighted by Gasteiger charge is 2.23. The summed E-state index contributed by atoms with van der Waals surface area (Å²) < 4.78 is 5.47. The van der Waals surface area contributed by atoms with Crippen LogP contribution in [-0.4, -0.2) is 42.6 Å². The van der Waals surface area contributed by atoms with E-state index in [-0.39, 0.29) is 12.0 Å². The molecule has 0 aromatic heterocycles. The highest BCUT2D eigenvalue weighted by Crippen LogP contribution is 2.19. The number of carbonyl (C=O) groups excluding carboxylic acids is 1. The maximum absolute atomic E-state index is 12.3. The highest BCUT2D eigenvalue weighted by molar-refractivity contribution is 5.94. The zero-order chi connectivity index (χ0) is 20.8. The van der Waals surface area contributed by atoms with Crippen molar-refractivity contribution in [1.29, 1.82) is 0 Å². The highest BCUT2D eigenvalue weighted by atomic mass is 16.5. The summed E-state index contributed by atoms with van der Waals surface area (Å²) in [6, 6.07) is 16.5. The number of rotatable bonds is 5. The molecule has 0 aliphatic carbocycles. The third-order valence-electron chi connectivity index (χ3n) is 5.59. The summed E-state index contributed by atoms with van der Waals surface area (Å²) in [5.41, 5.74) is 4.65. The molecule has 0 radical (unpaired) electrons. The zero-order valence-corrected chi connectivity index (χ0v) is 17.6. The molecule has 0 bridgehead atoms. The number of benzene rings is 2. The van der Waals surface area contributed by atoms with Crippen LogP contribution in [0.5, 0.6) is 0 Å². The van der Waals surface area contributed by atoms with Gasteiger partial charge < -0.3 is 20.3 Å². The van der Waals surface area contributed by atoms with Crippen LogP contribution in [0.2, 0.25) is 0 Å². The number of hydrogen-bond donors (Lipinski definition) is 2. The fraction of sp³-hybridized carbons (Fsp3) is 0.417. The fourth-order valence-electron chi connectivity index (χ4n) is 4.02. The van der Waals surface area contributed by atoms with Gasteiger partial charge in [-0.25, -0.2) is 4.99 Å². The van der Waals surface area contributed by atoms with Gasteiger partial charge in [0.05, 0.1) is 6.54 Å². The lowest BCUT2D eigenvalue weighted by molar-refractivity contribution is -0.124. The minimum absolute atomic E-state index is 0.0616. The number of aliphatic imine (C=N–C) groups is 1.